The summed E-state index contributed by atoms with van der Waals surface area (Å²) in [6, 6.07) is 0. The van der Waals surface area contributed by atoms with Gasteiger partial charge in [-0.3, -0.25) is 0 Å². The molecule has 0 aromatic heterocycles. The Bertz CT molecular complexity index is 188. The first-order valence-electron chi connectivity index (χ1n) is 3.93. The van der Waals surface area contributed by atoms with Crippen molar-refractivity contribution in [3.63, 3.8) is 0 Å². The van der Waals surface area contributed by atoms with Crippen LogP contribution in [0.25, 0.3) is 0 Å². The van der Waals surface area contributed by atoms with Crippen molar-refractivity contribution >= 4 is 71.5 Å². The summed E-state index contributed by atoms with van der Waals surface area (Å²) in [5.74, 6) is 0. The normalized spacial score (nSPS) is 22.9. The van der Waals surface area contributed by atoms with E-state index in [4.69, 9.17) is 0 Å². The van der Waals surface area contributed by atoms with E-state index in [9.17, 15) is 0 Å². The molecule has 6 heteroatoms. The van der Waals surface area contributed by atoms with Crippen LogP contribution in [0.15, 0.2) is 35.4 Å². The van der Waals surface area contributed by atoms with E-state index in [0.717, 1.165) is 71.5 Å². The van der Waals surface area contributed by atoms with Gasteiger partial charge in [-0.2, -0.15) is 0 Å². The molecule has 0 amide bonds. The molecule has 0 spiro atoms. The van der Waals surface area contributed by atoms with Crippen LogP contribution in [-0.2, 0) is 0 Å². The van der Waals surface area contributed by atoms with Crippen LogP contribution in [0.2, 0.25) is 5.32 Å². The first kappa shape index (κ1) is 14.4. The van der Waals surface area contributed by atoms with Gasteiger partial charge in [0.1, 0.15) is 0 Å². The summed E-state index contributed by atoms with van der Waals surface area (Å²) in [6.07, 6.45) is 12.4. The van der Waals surface area contributed by atoms with E-state index in [1.54, 1.807) is 0 Å². The quantitative estimate of drug-likeness (QED) is 0.361. The minimum atomic E-state index is 0.857. The van der Waals surface area contributed by atoms with Crippen LogP contribution in [-0.4, -0.2) is 71.5 Å². The third-order valence-corrected chi connectivity index (χ3v) is 78.4. The topological polar surface area (TPSA) is 0 Å². The average molecular weight is 580 g/mol. The Balaban J connectivity index is 2.27. The first-order chi connectivity index (χ1) is 7.00. The summed E-state index contributed by atoms with van der Waals surface area (Å²) in [7, 11) is 0. The Hall–Kier alpha value is 2.34. The van der Waals surface area contributed by atoms with Gasteiger partial charge in [0, 0.05) is 0 Å². The minimum absolute atomic E-state index is 0.857. The molecule has 0 unspecified atom stereocenters. The summed E-state index contributed by atoms with van der Waals surface area (Å²) in [6.45, 7) is 0. The molecule has 0 saturated carbocycles. The van der Waals surface area contributed by atoms with Gasteiger partial charge in [-0.25, -0.2) is 0 Å². The fourth-order valence-electron chi connectivity index (χ4n) is 0.612. The predicted octanol–water partition coefficient (Wildman–Crippen LogP) is 0.235. The van der Waals surface area contributed by atoms with Gasteiger partial charge in [-0.1, -0.05) is 0 Å². The van der Waals surface area contributed by atoms with Gasteiger partial charge in [0.05, 0.1) is 0 Å². The van der Waals surface area contributed by atoms with Gasteiger partial charge in [0.2, 0.25) is 0 Å². The Labute approximate surface area is 117 Å². The van der Waals surface area contributed by atoms with Crippen LogP contribution in [0.5, 0.6) is 0 Å². The van der Waals surface area contributed by atoms with E-state index in [-0.39, 0.29) is 0 Å². The van der Waals surface area contributed by atoms with E-state index in [1.165, 1.54) is 11.7 Å². The van der Waals surface area contributed by atoms with Crippen molar-refractivity contribution in [3.05, 3.63) is 35.4 Å². The zero-order valence-electron chi connectivity index (χ0n) is 7.33. The number of allylic oxidation sites excluding steroid dienone is 5. The van der Waals surface area contributed by atoms with Crippen molar-refractivity contribution in [3.8, 4) is 0 Å². The summed E-state index contributed by atoms with van der Waals surface area (Å²) in [4.78, 5) is 2.40. The molecule has 0 N–H and O–H groups in total. The van der Waals surface area contributed by atoms with Gasteiger partial charge >= 0.3 is 119 Å². The maximum atomic E-state index is 2.40. The molecule has 0 fully saturated rings. The number of hydrogen-bond acceptors (Lipinski definition) is 0. The van der Waals surface area contributed by atoms with Crippen molar-refractivity contribution in [2.75, 3.05) is 0 Å². The summed E-state index contributed by atoms with van der Waals surface area (Å²) in [5, 5.41) is 1.49. The molecule has 14 heavy (non-hydrogen) atoms. The van der Waals surface area contributed by atoms with Gasteiger partial charge in [-0.15, -0.1) is 0 Å². The summed E-state index contributed by atoms with van der Waals surface area (Å²) in [5.41, 5.74) is 0. The average Bonchev–Trinajstić information content (AvgIpc) is 2.22. The molecule has 1 aliphatic heterocycles. The van der Waals surface area contributed by atoms with Crippen molar-refractivity contribution in [2.24, 2.45) is 0 Å². The monoisotopic (exact) mass is 586 g/mol. The van der Waals surface area contributed by atoms with Gasteiger partial charge in [0.25, 0.3) is 0 Å². The molecule has 0 bridgehead atoms. The number of hydrogen-bond donors (Lipinski definition) is 0. The summed E-state index contributed by atoms with van der Waals surface area (Å²) >= 11 is 6.20. The first-order valence-corrected chi connectivity index (χ1v) is 27.8. The second kappa shape index (κ2) is 11.8. The fourth-order valence-corrected chi connectivity index (χ4v) is 123. The Morgan fingerprint density at radius 1 is 0.786 bits per heavy atom. The van der Waals surface area contributed by atoms with Crippen molar-refractivity contribution in [1.82, 2.24) is 0 Å². The molecule has 1 rings (SSSR count). The molecule has 0 nitrogen and oxygen atoms in total. The van der Waals surface area contributed by atoms with E-state index in [1.807, 2.05) is 0 Å². The van der Waals surface area contributed by atoms with Gasteiger partial charge in [-0.05, 0) is 0 Å². The standard InChI is InChI=1S/C8H10Se6/c1-2-4-6-8-10-12-14-13-11-9-7-5-3-1/h1-5,7H,6,8H2/b3-1?,4-2?,7-5+. The molecular formula is C8H10Se6. The van der Waals surface area contributed by atoms with Crippen LogP contribution in [0.4, 0.5) is 0 Å². The molecular weight excluding hydrogens is 570 g/mol. The van der Waals surface area contributed by atoms with E-state index < -0.39 is 0 Å². The molecule has 0 saturated heterocycles. The van der Waals surface area contributed by atoms with E-state index >= 15 is 0 Å². The molecule has 0 atom stereocenters. The molecule has 0 aromatic rings. The Morgan fingerprint density at radius 2 is 1.64 bits per heavy atom. The van der Waals surface area contributed by atoms with Gasteiger partial charge < -0.3 is 0 Å². The van der Waals surface area contributed by atoms with Crippen molar-refractivity contribution < 1.29 is 0 Å². The molecule has 0 aliphatic carbocycles. The van der Waals surface area contributed by atoms with Gasteiger partial charge in [0.15, 0.2) is 0 Å². The maximum absolute atomic E-state index is 2.40. The van der Waals surface area contributed by atoms with Crippen molar-refractivity contribution in [2.45, 2.75) is 11.7 Å². The second-order valence-electron chi connectivity index (χ2n) is 2.12. The van der Waals surface area contributed by atoms with Crippen LogP contribution < -0.4 is 0 Å². The van der Waals surface area contributed by atoms with Crippen LogP contribution in [0.1, 0.15) is 6.42 Å². The van der Waals surface area contributed by atoms with Crippen molar-refractivity contribution in [1.29, 1.82) is 0 Å². The SMILES string of the molecule is C1=C/C=C/[Se][Se][Se][Se][Se][Se]CCC=C1. The Morgan fingerprint density at radius 3 is 2.64 bits per heavy atom. The number of rotatable bonds is 0. The molecule has 1 aliphatic rings. The van der Waals surface area contributed by atoms with Crippen LogP contribution >= 0.6 is 0 Å². The third kappa shape index (κ3) is 9.55. The molecule has 78 valence electrons. The molecule has 1 heterocycles. The second-order valence-corrected chi connectivity index (χ2v) is 47.0. The third-order valence-electron chi connectivity index (χ3n) is 1.14. The van der Waals surface area contributed by atoms with Crippen LogP contribution in [0, 0.1) is 0 Å². The zero-order valence-corrected chi connectivity index (χ0v) is 17.6. The molecule has 0 aromatic carbocycles. The Kier molecular flexibility index (Phi) is 12.1. The zero-order chi connectivity index (χ0) is 9.90. The van der Waals surface area contributed by atoms with E-state index in [2.05, 4.69) is 35.4 Å². The summed E-state index contributed by atoms with van der Waals surface area (Å²) < 4.78 is 0. The molecule has 0 radical (unpaired) electrons. The van der Waals surface area contributed by atoms with E-state index in [0.29, 0.717) is 0 Å². The van der Waals surface area contributed by atoms with Crippen LogP contribution in [0.3, 0.4) is 0 Å². The fraction of sp³-hybridized carbons (Fsp3) is 0.250. The predicted molar refractivity (Wildman–Crippen MR) is 71.4 cm³/mol.